The second kappa shape index (κ2) is 7.11. The fourth-order valence-electron chi connectivity index (χ4n) is 1.14. The van der Waals surface area contributed by atoms with Gasteiger partial charge in [-0.05, 0) is 25.3 Å². The van der Waals surface area contributed by atoms with Gasteiger partial charge in [0.1, 0.15) is 0 Å². The topological polar surface area (TPSA) is 12.0 Å². The molecule has 0 bridgehead atoms. The highest BCUT2D eigenvalue weighted by atomic mass is 14.9. The van der Waals surface area contributed by atoms with Crippen LogP contribution in [0.3, 0.4) is 0 Å². The average molecular weight is 167 g/mol. The molecule has 12 heavy (non-hydrogen) atoms. The summed E-state index contributed by atoms with van der Waals surface area (Å²) in [6.07, 6.45) is 6.11. The van der Waals surface area contributed by atoms with E-state index in [-0.39, 0.29) is 0 Å². The molecule has 0 saturated heterocycles. The van der Waals surface area contributed by atoms with Gasteiger partial charge in [-0.25, -0.2) is 0 Å². The van der Waals surface area contributed by atoms with Gasteiger partial charge in [-0.2, -0.15) is 0 Å². The Labute approximate surface area is 76.6 Å². The maximum Gasteiger partial charge on any atom is 0.00104 e. The number of hydrogen-bond acceptors (Lipinski definition) is 1. The van der Waals surface area contributed by atoms with Gasteiger partial charge in [0.05, 0.1) is 0 Å². The summed E-state index contributed by atoms with van der Waals surface area (Å²) < 4.78 is 0. The molecule has 1 nitrogen and oxygen atoms in total. The second-order valence-corrected chi connectivity index (χ2v) is 3.48. The van der Waals surface area contributed by atoms with E-state index in [1.54, 1.807) is 0 Å². The molecule has 0 aromatic carbocycles. The van der Waals surface area contributed by atoms with Crippen LogP contribution in [0.4, 0.5) is 0 Å². The lowest BCUT2D eigenvalue weighted by molar-refractivity contribution is 0.456. The largest absolute Gasteiger partial charge is 0.314 e. The van der Waals surface area contributed by atoms with E-state index in [1.807, 2.05) is 12.2 Å². The lowest BCUT2D eigenvalue weighted by Crippen LogP contribution is -2.28. The zero-order chi connectivity index (χ0) is 9.40. The molecule has 0 rings (SSSR count). The van der Waals surface area contributed by atoms with Gasteiger partial charge in [0.25, 0.3) is 0 Å². The van der Waals surface area contributed by atoms with Crippen LogP contribution in [0, 0.1) is 5.92 Å². The third-order valence-corrected chi connectivity index (χ3v) is 1.81. The van der Waals surface area contributed by atoms with E-state index in [1.165, 1.54) is 0 Å². The Bertz CT molecular complexity index is 117. The van der Waals surface area contributed by atoms with Crippen molar-refractivity contribution in [2.75, 3.05) is 6.54 Å². The highest BCUT2D eigenvalue weighted by Crippen LogP contribution is 2.08. The molecule has 0 spiro atoms. The van der Waals surface area contributed by atoms with E-state index in [9.17, 15) is 0 Å². The van der Waals surface area contributed by atoms with Gasteiger partial charge in [-0.1, -0.05) is 26.0 Å². The minimum absolute atomic E-state index is 0.571. The number of nitrogens with one attached hydrogen (secondary N) is 1. The van der Waals surface area contributed by atoms with Crippen LogP contribution >= 0.6 is 0 Å². The predicted molar refractivity (Wildman–Crippen MR) is 56.3 cm³/mol. The van der Waals surface area contributed by atoms with Crippen molar-refractivity contribution in [3.8, 4) is 0 Å². The van der Waals surface area contributed by atoms with Gasteiger partial charge in [-0.3, -0.25) is 0 Å². The molecule has 70 valence electrons. The van der Waals surface area contributed by atoms with Gasteiger partial charge >= 0.3 is 0 Å². The maximum absolute atomic E-state index is 3.75. The first-order chi connectivity index (χ1) is 5.70. The van der Waals surface area contributed by atoms with Crippen molar-refractivity contribution in [3.63, 3.8) is 0 Å². The zero-order valence-electron chi connectivity index (χ0n) is 8.34. The van der Waals surface area contributed by atoms with Crippen molar-refractivity contribution in [1.82, 2.24) is 5.32 Å². The van der Waals surface area contributed by atoms with Gasteiger partial charge in [0.2, 0.25) is 0 Å². The Morgan fingerprint density at radius 2 is 1.67 bits per heavy atom. The van der Waals surface area contributed by atoms with E-state index < -0.39 is 0 Å². The SMILES string of the molecule is C=CCC(CC=C)CNC(C)C. The van der Waals surface area contributed by atoms with Crippen LogP contribution in [0.5, 0.6) is 0 Å². The van der Waals surface area contributed by atoms with E-state index >= 15 is 0 Å². The Hall–Kier alpha value is -0.560. The first-order valence-corrected chi connectivity index (χ1v) is 4.65. The normalized spacial score (nSPS) is 10.7. The highest BCUT2D eigenvalue weighted by Gasteiger charge is 2.04. The number of allylic oxidation sites excluding steroid dienone is 2. The molecule has 1 heteroatoms. The van der Waals surface area contributed by atoms with Crippen LogP contribution in [0.15, 0.2) is 25.3 Å². The highest BCUT2D eigenvalue weighted by molar-refractivity contribution is 4.81. The summed E-state index contributed by atoms with van der Waals surface area (Å²) in [5.41, 5.74) is 0. The molecule has 0 aliphatic carbocycles. The molecule has 0 amide bonds. The average Bonchev–Trinajstić information content (AvgIpc) is 2.01. The van der Waals surface area contributed by atoms with Gasteiger partial charge in [0, 0.05) is 6.04 Å². The Morgan fingerprint density at radius 1 is 1.17 bits per heavy atom. The fourth-order valence-corrected chi connectivity index (χ4v) is 1.14. The van der Waals surface area contributed by atoms with Crippen molar-refractivity contribution in [1.29, 1.82) is 0 Å². The quantitative estimate of drug-likeness (QED) is 0.575. The molecule has 0 saturated carbocycles. The van der Waals surface area contributed by atoms with Crippen molar-refractivity contribution in [3.05, 3.63) is 25.3 Å². The van der Waals surface area contributed by atoms with E-state index in [0.29, 0.717) is 12.0 Å². The summed E-state index contributed by atoms with van der Waals surface area (Å²) in [4.78, 5) is 0. The van der Waals surface area contributed by atoms with Crippen LogP contribution in [-0.4, -0.2) is 12.6 Å². The molecule has 1 N–H and O–H groups in total. The molecule has 0 unspecified atom stereocenters. The third kappa shape index (κ3) is 6.17. The predicted octanol–water partition coefficient (Wildman–Crippen LogP) is 2.75. The zero-order valence-corrected chi connectivity index (χ0v) is 8.34. The van der Waals surface area contributed by atoms with Crippen molar-refractivity contribution >= 4 is 0 Å². The second-order valence-electron chi connectivity index (χ2n) is 3.48. The van der Waals surface area contributed by atoms with Crippen LogP contribution in [-0.2, 0) is 0 Å². The Morgan fingerprint density at radius 3 is 2.00 bits per heavy atom. The first-order valence-electron chi connectivity index (χ1n) is 4.65. The minimum Gasteiger partial charge on any atom is -0.314 e. The van der Waals surface area contributed by atoms with E-state index in [0.717, 1.165) is 19.4 Å². The molecule has 0 aliphatic heterocycles. The molecule has 0 aromatic rings. The van der Waals surface area contributed by atoms with Crippen LogP contribution < -0.4 is 5.32 Å². The van der Waals surface area contributed by atoms with Crippen LogP contribution in [0.2, 0.25) is 0 Å². The molecule has 0 heterocycles. The van der Waals surface area contributed by atoms with Crippen LogP contribution in [0.25, 0.3) is 0 Å². The Balaban J connectivity index is 3.61. The number of rotatable bonds is 7. The van der Waals surface area contributed by atoms with Crippen molar-refractivity contribution < 1.29 is 0 Å². The summed E-state index contributed by atoms with van der Waals surface area (Å²) in [5.74, 6) is 0.669. The van der Waals surface area contributed by atoms with Crippen LogP contribution in [0.1, 0.15) is 26.7 Å². The third-order valence-electron chi connectivity index (χ3n) is 1.81. The summed E-state index contributed by atoms with van der Waals surface area (Å²) in [6, 6.07) is 0.571. The standard InChI is InChI=1S/C11H21N/c1-5-7-11(8-6-2)9-12-10(3)4/h5-6,10-12H,1-2,7-9H2,3-4H3. The van der Waals surface area contributed by atoms with Gasteiger partial charge < -0.3 is 5.32 Å². The fraction of sp³-hybridized carbons (Fsp3) is 0.636. The smallest absolute Gasteiger partial charge is 0.00104 e. The first kappa shape index (κ1) is 11.4. The maximum atomic E-state index is 3.75. The van der Waals surface area contributed by atoms with Gasteiger partial charge in [0.15, 0.2) is 0 Å². The monoisotopic (exact) mass is 167 g/mol. The number of hydrogen-bond donors (Lipinski definition) is 1. The molecular formula is C11H21N. The minimum atomic E-state index is 0.571. The molecule has 0 aliphatic rings. The van der Waals surface area contributed by atoms with Crippen molar-refractivity contribution in [2.45, 2.75) is 32.7 Å². The Kier molecular flexibility index (Phi) is 6.78. The van der Waals surface area contributed by atoms with Crippen molar-refractivity contribution in [2.24, 2.45) is 5.92 Å². The summed E-state index contributed by atoms with van der Waals surface area (Å²) in [7, 11) is 0. The summed E-state index contributed by atoms with van der Waals surface area (Å²) >= 11 is 0. The lowest BCUT2D eigenvalue weighted by Gasteiger charge is -2.15. The van der Waals surface area contributed by atoms with E-state index in [2.05, 4.69) is 32.3 Å². The van der Waals surface area contributed by atoms with Gasteiger partial charge in [-0.15, -0.1) is 13.2 Å². The summed E-state index contributed by atoms with van der Waals surface area (Å²) in [5, 5.41) is 3.42. The molecule has 0 aromatic heterocycles. The van der Waals surface area contributed by atoms with E-state index in [4.69, 9.17) is 0 Å². The molecule has 0 radical (unpaired) electrons. The molecule has 0 fully saturated rings. The molecular weight excluding hydrogens is 146 g/mol. The summed E-state index contributed by atoms with van der Waals surface area (Å²) in [6.45, 7) is 12.9. The molecule has 0 atom stereocenters. The lowest BCUT2D eigenvalue weighted by atomic mass is 10.0.